The van der Waals surface area contributed by atoms with Crippen LogP contribution in [-0.2, 0) is 29.2 Å². The minimum Gasteiger partial charge on any atom is -0.352 e. The van der Waals surface area contributed by atoms with Gasteiger partial charge >= 0.3 is 0 Å². The summed E-state index contributed by atoms with van der Waals surface area (Å²) in [5.41, 5.74) is 5.51. The van der Waals surface area contributed by atoms with Crippen molar-refractivity contribution >= 4 is 10.0 Å². The van der Waals surface area contributed by atoms with Crippen LogP contribution in [0.1, 0.15) is 28.1 Å². The number of benzene rings is 1. The van der Waals surface area contributed by atoms with E-state index in [4.69, 9.17) is 0 Å². The zero-order valence-electron chi connectivity index (χ0n) is 13.7. The van der Waals surface area contributed by atoms with Gasteiger partial charge in [0.25, 0.3) is 0 Å². The lowest BCUT2D eigenvalue weighted by atomic mass is 10.2. The van der Waals surface area contributed by atoms with Crippen LogP contribution in [0.25, 0.3) is 0 Å². The first-order valence-corrected chi connectivity index (χ1v) is 9.08. The van der Waals surface area contributed by atoms with Crippen molar-refractivity contribution in [1.29, 1.82) is 0 Å². The van der Waals surface area contributed by atoms with E-state index in [9.17, 15) is 8.42 Å². The van der Waals surface area contributed by atoms with Crippen LogP contribution >= 0.6 is 0 Å². The van der Waals surface area contributed by atoms with Crippen LogP contribution in [0.3, 0.4) is 0 Å². The van der Waals surface area contributed by atoms with Crippen LogP contribution < -0.4 is 4.72 Å². The molecule has 22 heavy (non-hydrogen) atoms. The standard InChI is InChI=1S/C17H24N2O2S/c1-13-5-7-16(8-6-13)12-22(20,21)18-10-9-17-11-14(2)19(4)15(17)3/h5-8,11,18H,9-10,12H2,1-4H3. The van der Waals surface area contributed by atoms with Gasteiger partial charge in [0.15, 0.2) is 0 Å². The second-order valence-electron chi connectivity index (χ2n) is 5.84. The Morgan fingerprint density at radius 3 is 2.27 bits per heavy atom. The average molecular weight is 320 g/mol. The van der Waals surface area contributed by atoms with E-state index in [0.29, 0.717) is 13.0 Å². The van der Waals surface area contributed by atoms with Crippen molar-refractivity contribution in [3.05, 3.63) is 58.4 Å². The van der Waals surface area contributed by atoms with Gasteiger partial charge in [-0.3, -0.25) is 0 Å². The molecule has 1 aromatic carbocycles. The number of hydrogen-bond acceptors (Lipinski definition) is 2. The molecule has 1 aromatic heterocycles. The number of aryl methyl sites for hydroxylation is 2. The summed E-state index contributed by atoms with van der Waals surface area (Å²) in [4.78, 5) is 0. The maximum Gasteiger partial charge on any atom is 0.215 e. The molecule has 2 rings (SSSR count). The first-order valence-electron chi connectivity index (χ1n) is 7.43. The molecule has 0 radical (unpaired) electrons. The molecule has 0 unspecified atom stereocenters. The lowest BCUT2D eigenvalue weighted by Crippen LogP contribution is -2.27. The Balaban J connectivity index is 1.92. The van der Waals surface area contributed by atoms with Crippen molar-refractivity contribution in [2.75, 3.05) is 6.54 Å². The van der Waals surface area contributed by atoms with Crippen molar-refractivity contribution in [3.8, 4) is 0 Å². The summed E-state index contributed by atoms with van der Waals surface area (Å²) in [6, 6.07) is 9.70. The van der Waals surface area contributed by atoms with Gasteiger partial charge in [-0.2, -0.15) is 0 Å². The maximum atomic E-state index is 12.1. The number of sulfonamides is 1. The SMILES string of the molecule is Cc1ccc(CS(=O)(=O)NCCc2cc(C)n(C)c2C)cc1. The van der Waals surface area contributed by atoms with Crippen LogP contribution in [0.15, 0.2) is 30.3 Å². The third kappa shape index (κ3) is 4.21. The fourth-order valence-electron chi connectivity index (χ4n) is 2.48. The van der Waals surface area contributed by atoms with Crippen LogP contribution in [0.4, 0.5) is 0 Å². The molecule has 0 spiro atoms. The molecule has 5 heteroatoms. The summed E-state index contributed by atoms with van der Waals surface area (Å²) in [5, 5.41) is 0. The Hall–Kier alpha value is -1.59. The fourth-order valence-corrected chi connectivity index (χ4v) is 3.63. The second kappa shape index (κ2) is 6.67. The summed E-state index contributed by atoms with van der Waals surface area (Å²) in [5.74, 6) is 0.0279. The van der Waals surface area contributed by atoms with Crippen LogP contribution in [0.2, 0.25) is 0 Å². The summed E-state index contributed by atoms with van der Waals surface area (Å²) >= 11 is 0. The van der Waals surface area contributed by atoms with E-state index in [1.807, 2.05) is 38.2 Å². The molecule has 1 heterocycles. The highest BCUT2D eigenvalue weighted by Crippen LogP contribution is 2.13. The minimum atomic E-state index is -3.29. The highest BCUT2D eigenvalue weighted by molar-refractivity contribution is 7.88. The molecule has 0 saturated carbocycles. The lowest BCUT2D eigenvalue weighted by molar-refractivity contribution is 0.580. The molecule has 1 N–H and O–H groups in total. The number of aromatic nitrogens is 1. The summed E-state index contributed by atoms with van der Waals surface area (Å²) in [7, 11) is -1.27. The van der Waals surface area contributed by atoms with E-state index in [1.165, 1.54) is 17.0 Å². The Morgan fingerprint density at radius 1 is 1.09 bits per heavy atom. The monoisotopic (exact) mass is 320 g/mol. The molecule has 4 nitrogen and oxygen atoms in total. The van der Waals surface area contributed by atoms with Crippen molar-refractivity contribution in [3.63, 3.8) is 0 Å². The molecule has 0 aliphatic heterocycles. The van der Waals surface area contributed by atoms with Gasteiger partial charge in [-0.05, 0) is 44.4 Å². The summed E-state index contributed by atoms with van der Waals surface area (Å²) < 4.78 is 29.0. The molecule has 0 fully saturated rings. The lowest BCUT2D eigenvalue weighted by Gasteiger charge is -2.07. The molecule has 0 aliphatic rings. The molecule has 120 valence electrons. The van der Waals surface area contributed by atoms with E-state index in [1.54, 1.807) is 0 Å². The largest absolute Gasteiger partial charge is 0.352 e. The van der Waals surface area contributed by atoms with E-state index in [2.05, 4.69) is 29.2 Å². The Labute approximate surface area is 133 Å². The molecule has 2 aromatic rings. The molecule has 0 amide bonds. The molecule has 0 atom stereocenters. The highest BCUT2D eigenvalue weighted by atomic mass is 32.2. The second-order valence-corrected chi connectivity index (χ2v) is 7.65. The van der Waals surface area contributed by atoms with Gasteiger partial charge in [0, 0.05) is 25.0 Å². The Bertz CT molecular complexity index is 744. The maximum absolute atomic E-state index is 12.1. The van der Waals surface area contributed by atoms with Crippen molar-refractivity contribution in [2.24, 2.45) is 7.05 Å². The van der Waals surface area contributed by atoms with E-state index in [0.717, 1.165) is 11.1 Å². The zero-order valence-corrected chi connectivity index (χ0v) is 14.5. The van der Waals surface area contributed by atoms with Gasteiger partial charge in [0.2, 0.25) is 10.0 Å². The number of hydrogen-bond donors (Lipinski definition) is 1. The third-order valence-electron chi connectivity index (χ3n) is 4.07. The van der Waals surface area contributed by atoms with Crippen molar-refractivity contribution < 1.29 is 8.42 Å². The molecular weight excluding hydrogens is 296 g/mol. The molecule has 0 aliphatic carbocycles. The molecule has 0 saturated heterocycles. The number of nitrogens with zero attached hydrogens (tertiary/aromatic N) is 1. The smallest absolute Gasteiger partial charge is 0.215 e. The van der Waals surface area contributed by atoms with Crippen LogP contribution in [0, 0.1) is 20.8 Å². The molecular formula is C17H24N2O2S. The summed E-state index contributed by atoms with van der Waals surface area (Å²) in [6.07, 6.45) is 0.709. The van der Waals surface area contributed by atoms with Gasteiger partial charge in [-0.15, -0.1) is 0 Å². The van der Waals surface area contributed by atoms with Crippen LogP contribution in [-0.4, -0.2) is 19.5 Å². The normalized spacial score (nSPS) is 11.8. The fraction of sp³-hybridized carbons (Fsp3) is 0.412. The van der Waals surface area contributed by atoms with E-state index in [-0.39, 0.29) is 5.75 Å². The van der Waals surface area contributed by atoms with E-state index >= 15 is 0 Å². The topological polar surface area (TPSA) is 51.1 Å². The Kier molecular flexibility index (Phi) is 5.08. The van der Waals surface area contributed by atoms with Gasteiger partial charge < -0.3 is 4.57 Å². The van der Waals surface area contributed by atoms with Gasteiger partial charge in [-0.25, -0.2) is 13.1 Å². The predicted octanol–water partition coefficient (Wildman–Crippen LogP) is 2.61. The number of nitrogens with one attached hydrogen (secondary N) is 1. The average Bonchev–Trinajstić information content (AvgIpc) is 2.69. The minimum absolute atomic E-state index is 0.0279. The van der Waals surface area contributed by atoms with Crippen molar-refractivity contribution in [2.45, 2.75) is 32.9 Å². The zero-order chi connectivity index (χ0) is 16.3. The van der Waals surface area contributed by atoms with E-state index < -0.39 is 10.0 Å². The third-order valence-corrected chi connectivity index (χ3v) is 5.43. The van der Waals surface area contributed by atoms with Crippen LogP contribution in [0.5, 0.6) is 0 Å². The van der Waals surface area contributed by atoms with Gasteiger partial charge in [0.1, 0.15) is 0 Å². The number of rotatable bonds is 6. The first kappa shape index (κ1) is 16.8. The van der Waals surface area contributed by atoms with Crippen molar-refractivity contribution in [1.82, 2.24) is 9.29 Å². The predicted molar refractivity (Wildman–Crippen MR) is 90.4 cm³/mol. The quantitative estimate of drug-likeness (QED) is 0.889. The Morgan fingerprint density at radius 2 is 1.73 bits per heavy atom. The first-order chi connectivity index (χ1) is 10.3. The summed E-state index contributed by atoms with van der Waals surface area (Å²) in [6.45, 7) is 6.53. The molecule has 0 bridgehead atoms. The van der Waals surface area contributed by atoms with Gasteiger partial charge in [0.05, 0.1) is 5.75 Å². The highest BCUT2D eigenvalue weighted by Gasteiger charge is 2.12. The van der Waals surface area contributed by atoms with Gasteiger partial charge in [-0.1, -0.05) is 29.8 Å².